The van der Waals surface area contributed by atoms with Crippen molar-refractivity contribution in [3.63, 3.8) is 0 Å². The van der Waals surface area contributed by atoms with Crippen molar-refractivity contribution in [3.8, 4) is 11.5 Å². The van der Waals surface area contributed by atoms with Crippen LogP contribution in [-0.2, 0) is 6.42 Å². The van der Waals surface area contributed by atoms with Crippen molar-refractivity contribution in [1.82, 2.24) is 15.5 Å². The number of nitrogens with one attached hydrogen (secondary N) is 2. The number of rotatable bonds is 8. The third-order valence-corrected chi connectivity index (χ3v) is 4.07. The molecular formula is C21H22N4O3. The molecule has 0 atom stereocenters. The molecule has 0 fully saturated rings. The van der Waals surface area contributed by atoms with E-state index in [-0.39, 0.29) is 11.6 Å². The molecule has 3 aromatic rings. The zero-order chi connectivity index (χ0) is 19.8. The second-order valence-electron chi connectivity index (χ2n) is 6.02. The minimum Gasteiger partial charge on any atom is -0.497 e. The standard InChI is InChI=1S/C21H22N4O3/c1-27-17-7-3-5-15(13-17)11-12-22-21(26)19-9-10-20(25-24-19)23-16-6-4-8-18(14-16)28-2/h3-10,13-14H,11-12H2,1-2H3,(H,22,26)(H,23,25). The van der Waals surface area contributed by atoms with E-state index in [1.54, 1.807) is 26.4 Å². The zero-order valence-electron chi connectivity index (χ0n) is 15.8. The van der Waals surface area contributed by atoms with E-state index in [0.29, 0.717) is 18.8 Å². The minimum atomic E-state index is -0.261. The average Bonchev–Trinajstić information content (AvgIpc) is 2.74. The number of carbonyl (C=O) groups excluding carboxylic acids is 1. The molecule has 0 saturated heterocycles. The van der Waals surface area contributed by atoms with E-state index in [2.05, 4.69) is 20.8 Å². The van der Waals surface area contributed by atoms with Crippen molar-refractivity contribution in [3.05, 3.63) is 71.9 Å². The third kappa shape index (κ3) is 5.20. The van der Waals surface area contributed by atoms with E-state index in [4.69, 9.17) is 9.47 Å². The zero-order valence-corrected chi connectivity index (χ0v) is 15.8. The van der Waals surface area contributed by atoms with Crippen LogP contribution in [0.25, 0.3) is 0 Å². The number of benzene rings is 2. The van der Waals surface area contributed by atoms with Crippen LogP contribution >= 0.6 is 0 Å². The SMILES string of the molecule is COc1cccc(CCNC(=O)c2ccc(Nc3cccc(OC)c3)nn2)c1. The number of methoxy groups -OCH3 is 2. The summed E-state index contributed by atoms with van der Waals surface area (Å²) in [4.78, 5) is 12.2. The summed E-state index contributed by atoms with van der Waals surface area (Å²) in [5.41, 5.74) is 2.18. The summed E-state index contributed by atoms with van der Waals surface area (Å²) in [6.45, 7) is 0.498. The van der Waals surface area contributed by atoms with Crippen molar-refractivity contribution in [2.45, 2.75) is 6.42 Å². The Morgan fingerprint density at radius 3 is 2.39 bits per heavy atom. The molecule has 0 aliphatic rings. The topological polar surface area (TPSA) is 85.4 Å². The molecule has 7 nitrogen and oxygen atoms in total. The van der Waals surface area contributed by atoms with Gasteiger partial charge in [-0.2, -0.15) is 0 Å². The summed E-state index contributed by atoms with van der Waals surface area (Å²) in [6, 6.07) is 18.6. The van der Waals surface area contributed by atoms with Crippen LogP contribution < -0.4 is 20.1 Å². The third-order valence-electron chi connectivity index (χ3n) is 4.07. The molecule has 1 amide bonds. The van der Waals surface area contributed by atoms with Gasteiger partial charge in [0.15, 0.2) is 11.5 Å². The van der Waals surface area contributed by atoms with Crippen LogP contribution in [0.5, 0.6) is 11.5 Å². The Balaban J connectivity index is 1.53. The molecule has 0 aliphatic carbocycles. The van der Waals surface area contributed by atoms with Gasteiger partial charge in [-0.05, 0) is 48.4 Å². The maximum atomic E-state index is 12.2. The van der Waals surface area contributed by atoms with Gasteiger partial charge in [-0.25, -0.2) is 0 Å². The van der Waals surface area contributed by atoms with E-state index in [1.807, 2.05) is 48.5 Å². The molecule has 28 heavy (non-hydrogen) atoms. The van der Waals surface area contributed by atoms with Crippen LogP contribution in [0.4, 0.5) is 11.5 Å². The Bertz CT molecular complexity index is 929. The van der Waals surface area contributed by atoms with Gasteiger partial charge in [-0.15, -0.1) is 10.2 Å². The number of nitrogens with zero attached hydrogens (tertiary/aromatic N) is 2. The van der Waals surface area contributed by atoms with Gasteiger partial charge in [0, 0.05) is 18.3 Å². The van der Waals surface area contributed by atoms with Crippen molar-refractivity contribution >= 4 is 17.4 Å². The summed E-state index contributed by atoms with van der Waals surface area (Å²) >= 11 is 0. The molecule has 1 aromatic heterocycles. The van der Waals surface area contributed by atoms with E-state index in [1.165, 1.54) is 0 Å². The van der Waals surface area contributed by atoms with E-state index in [0.717, 1.165) is 22.7 Å². The number of carbonyl (C=O) groups is 1. The summed E-state index contributed by atoms with van der Waals surface area (Å²) in [5.74, 6) is 1.82. The Morgan fingerprint density at radius 2 is 1.68 bits per heavy atom. The Morgan fingerprint density at radius 1 is 0.929 bits per heavy atom. The summed E-state index contributed by atoms with van der Waals surface area (Å²) in [6.07, 6.45) is 0.700. The largest absolute Gasteiger partial charge is 0.497 e. The molecule has 0 bridgehead atoms. The van der Waals surface area contributed by atoms with Crippen LogP contribution in [0.15, 0.2) is 60.7 Å². The quantitative estimate of drug-likeness (QED) is 0.626. The van der Waals surface area contributed by atoms with Gasteiger partial charge in [0.25, 0.3) is 5.91 Å². The van der Waals surface area contributed by atoms with Crippen LogP contribution in [0, 0.1) is 0 Å². The second-order valence-corrected chi connectivity index (χ2v) is 6.02. The van der Waals surface area contributed by atoms with E-state index in [9.17, 15) is 4.79 Å². The molecule has 0 saturated carbocycles. The first kappa shape index (κ1) is 19.2. The number of aromatic nitrogens is 2. The Kier molecular flexibility index (Phi) is 6.41. The van der Waals surface area contributed by atoms with Crippen LogP contribution in [0.2, 0.25) is 0 Å². The lowest BCUT2D eigenvalue weighted by Crippen LogP contribution is -2.26. The van der Waals surface area contributed by atoms with Gasteiger partial charge in [0.2, 0.25) is 0 Å². The Labute approximate surface area is 163 Å². The van der Waals surface area contributed by atoms with Crippen molar-refractivity contribution in [1.29, 1.82) is 0 Å². The summed E-state index contributed by atoms with van der Waals surface area (Å²) in [5, 5.41) is 14.0. The first-order valence-corrected chi connectivity index (χ1v) is 8.84. The predicted molar refractivity (Wildman–Crippen MR) is 107 cm³/mol. The fourth-order valence-electron chi connectivity index (χ4n) is 2.61. The van der Waals surface area contributed by atoms with Gasteiger partial charge >= 0.3 is 0 Å². The predicted octanol–water partition coefficient (Wildman–Crippen LogP) is 3.21. The fraction of sp³-hybridized carbons (Fsp3) is 0.190. The van der Waals surface area contributed by atoms with Gasteiger partial charge in [-0.1, -0.05) is 18.2 Å². The lowest BCUT2D eigenvalue weighted by Gasteiger charge is -2.08. The first-order chi connectivity index (χ1) is 13.7. The minimum absolute atomic E-state index is 0.261. The van der Waals surface area contributed by atoms with Gasteiger partial charge in [0.05, 0.1) is 14.2 Å². The number of amides is 1. The van der Waals surface area contributed by atoms with Gasteiger partial charge in [0.1, 0.15) is 11.5 Å². The highest BCUT2D eigenvalue weighted by Crippen LogP contribution is 2.19. The van der Waals surface area contributed by atoms with E-state index >= 15 is 0 Å². The van der Waals surface area contributed by atoms with Crippen molar-refractivity contribution in [2.24, 2.45) is 0 Å². The lowest BCUT2D eigenvalue weighted by molar-refractivity contribution is 0.0948. The molecule has 0 spiro atoms. The fourth-order valence-corrected chi connectivity index (χ4v) is 2.61. The van der Waals surface area contributed by atoms with Gasteiger partial charge in [-0.3, -0.25) is 4.79 Å². The maximum Gasteiger partial charge on any atom is 0.271 e. The van der Waals surface area contributed by atoms with Crippen LogP contribution in [0.1, 0.15) is 16.1 Å². The van der Waals surface area contributed by atoms with Gasteiger partial charge < -0.3 is 20.1 Å². The molecule has 3 rings (SSSR count). The highest BCUT2D eigenvalue weighted by atomic mass is 16.5. The normalized spacial score (nSPS) is 10.2. The number of hydrogen-bond donors (Lipinski definition) is 2. The molecule has 2 N–H and O–H groups in total. The number of ether oxygens (including phenoxy) is 2. The molecule has 7 heteroatoms. The number of hydrogen-bond acceptors (Lipinski definition) is 6. The van der Waals surface area contributed by atoms with E-state index < -0.39 is 0 Å². The van der Waals surface area contributed by atoms with Crippen molar-refractivity contribution < 1.29 is 14.3 Å². The first-order valence-electron chi connectivity index (χ1n) is 8.84. The van der Waals surface area contributed by atoms with Crippen LogP contribution in [0.3, 0.4) is 0 Å². The smallest absolute Gasteiger partial charge is 0.271 e. The summed E-state index contributed by atoms with van der Waals surface area (Å²) < 4.78 is 10.4. The van der Waals surface area contributed by atoms with Crippen molar-refractivity contribution in [2.75, 3.05) is 26.1 Å². The molecule has 0 radical (unpaired) electrons. The highest BCUT2D eigenvalue weighted by molar-refractivity contribution is 5.92. The Hall–Kier alpha value is -3.61. The maximum absolute atomic E-state index is 12.2. The molecular weight excluding hydrogens is 356 g/mol. The highest BCUT2D eigenvalue weighted by Gasteiger charge is 2.08. The lowest BCUT2D eigenvalue weighted by atomic mass is 10.1. The average molecular weight is 378 g/mol. The molecule has 144 valence electrons. The molecule has 0 aliphatic heterocycles. The molecule has 2 aromatic carbocycles. The molecule has 0 unspecified atom stereocenters. The molecule has 1 heterocycles. The second kappa shape index (κ2) is 9.36. The summed E-state index contributed by atoms with van der Waals surface area (Å²) in [7, 11) is 3.24. The number of anilines is 2. The monoisotopic (exact) mass is 378 g/mol. The van der Waals surface area contributed by atoms with Crippen LogP contribution in [-0.4, -0.2) is 36.9 Å².